The summed E-state index contributed by atoms with van der Waals surface area (Å²) in [7, 11) is 1.61. The first kappa shape index (κ1) is 21.8. The van der Waals surface area contributed by atoms with Crippen LogP contribution in [0, 0.1) is 0 Å². The van der Waals surface area contributed by atoms with Gasteiger partial charge in [0.05, 0.1) is 22.7 Å². The molecule has 3 heterocycles. The number of halogens is 1. The molecule has 162 valence electrons. The quantitative estimate of drug-likeness (QED) is 0.570. The van der Waals surface area contributed by atoms with Gasteiger partial charge in [-0.25, -0.2) is 4.98 Å². The van der Waals surface area contributed by atoms with Gasteiger partial charge >= 0.3 is 0 Å². The number of piperidine rings is 1. The topological polar surface area (TPSA) is 71.5 Å². The third-order valence-electron chi connectivity index (χ3n) is 5.24. The molecule has 2 amide bonds. The molecule has 0 bridgehead atoms. The molecule has 2 aromatic heterocycles. The lowest BCUT2D eigenvalue weighted by Crippen LogP contribution is -2.47. The summed E-state index contributed by atoms with van der Waals surface area (Å²) in [5.74, 6) is 0.627. The number of nitrogens with one attached hydrogen (secondary N) is 1. The summed E-state index contributed by atoms with van der Waals surface area (Å²) in [4.78, 5) is 32.6. The smallest absolute Gasteiger partial charge is 0.270 e. The minimum atomic E-state index is -0.177. The summed E-state index contributed by atoms with van der Waals surface area (Å²) in [6.45, 7) is 1.24. The third kappa shape index (κ3) is 5.26. The molecule has 1 aliphatic heterocycles. The maximum absolute atomic E-state index is 12.7. The van der Waals surface area contributed by atoms with Gasteiger partial charge in [-0.15, -0.1) is 22.7 Å². The van der Waals surface area contributed by atoms with Crippen molar-refractivity contribution in [3.8, 4) is 15.6 Å². The van der Waals surface area contributed by atoms with Crippen LogP contribution in [0.15, 0.2) is 41.8 Å². The second kappa shape index (κ2) is 9.80. The number of rotatable bonds is 6. The molecule has 1 aromatic carbocycles. The Hall–Kier alpha value is -2.42. The molecule has 4 rings (SSSR count). The molecule has 0 saturated carbocycles. The Morgan fingerprint density at radius 2 is 2.00 bits per heavy atom. The second-order valence-electron chi connectivity index (χ2n) is 7.26. The van der Waals surface area contributed by atoms with E-state index in [1.165, 1.54) is 22.7 Å². The number of hydrogen-bond donors (Lipinski definition) is 1. The maximum Gasteiger partial charge on any atom is 0.270 e. The predicted octanol–water partition coefficient (Wildman–Crippen LogP) is 4.50. The lowest BCUT2D eigenvalue weighted by Gasteiger charge is -2.32. The van der Waals surface area contributed by atoms with E-state index < -0.39 is 0 Å². The minimum Gasteiger partial charge on any atom is -0.496 e. The van der Waals surface area contributed by atoms with Crippen LogP contribution in [-0.2, 0) is 11.2 Å². The SMILES string of the molecule is COc1ccccc1CC(=O)N1CCC(NC(=O)c2csc(-c3ccc(Cl)s3)n2)CC1. The first-order chi connectivity index (χ1) is 15.0. The Bertz CT molecular complexity index is 1070. The number of nitrogens with zero attached hydrogens (tertiary/aromatic N) is 2. The van der Waals surface area contributed by atoms with Crippen LogP contribution in [0.3, 0.4) is 0 Å². The molecule has 9 heteroatoms. The Morgan fingerprint density at radius 3 is 2.71 bits per heavy atom. The number of thiophene rings is 1. The molecule has 31 heavy (non-hydrogen) atoms. The van der Waals surface area contributed by atoms with Crippen molar-refractivity contribution in [2.45, 2.75) is 25.3 Å². The van der Waals surface area contributed by atoms with Gasteiger partial charge in [0, 0.05) is 30.1 Å². The van der Waals surface area contributed by atoms with Crippen molar-refractivity contribution in [3.05, 3.63) is 57.4 Å². The molecule has 0 aliphatic carbocycles. The molecule has 3 aromatic rings. The highest BCUT2D eigenvalue weighted by atomic mass is 35.5. The number of methoxy groups -OCH3 is 1. The van der Waals surface area contributed by atoms with Crippen LogP contribution in [0.4, 0.5) is 0 Å². The zero-order chi connectivity index (χ0) is 21.8. The number of thiazole rings is 1. The van der Waals surface area contributed by atoms with Crippen molar-refractivity contribution >= 4 is 46.1 Å². The van der Waals surface area contributed by atoms with E-state index >= 15 is 0 Å². The highest BCUT2D eigenvalue weighted by molar-refractivity contribution is 7.23. The van der Waals surface area contributed by atoms with Gasteiger partial charge in [-0.1, -0.05) is 29.8 Å². The van der Waals surface area contributed by atoms with E-state index in [4.69, 9.17) is 16.3 Å². The highest BCUT2D eigenvalue weighted by Gasteiger charge is 2.25. The number of hydrogen-bond acceptors (Lipinski definition) is 6. The number of carbonyl (C=O) groups excluding carboxylic acids is 2. The molecule has 1 saturated heterocycles. The van der Waals surface area contributed by atoms with E-state index in [-0.39, 0.29) is 17.9 Å². The summed E-state index contributed by atoms with van der Waals surface area (Å²) in [6, 6.07) is 11.3. The van der Waals surface area contributed by atoms with Gasteiger partial charge in [0.25, 0.3) is 5.91 Å². The maximum atomic E-state index is 12.7. The fourth-order valence-corrected chi connectivity index (χ4v) is 5.49. The standard InChI is InChI=1S/C22H22ClN3O3S2/c1-29-17-5-3-2-4-14(17)12-20(27)26-10-8-15(9-11-26)24-21(28)16-13-30-22(25-16)18-6-7-19(23)31-18/h2-7,13,15H,8-12H2,1H3,(H,24,28). The molecular formula is C22H22ClN3O3S2. The summed E-state index contributed by atoms with van der Waals surface area (Å²) in [6.07, 6.45) is 1.76. The van der Waals surface area contributed by atoms with Crippen molar-refractivity contribution in [1.29, 1.82) is 0 Å². The number of ether oxygens (including phenoxy) is 1. The average molecular weight is 476 g/mol. The monoisotopic (exact) mass is 475 g/mol. The van der Waals surface area contributed by atoms with Gasteiger partial charge in [0.15, 0.2) is 0 Å². The molecule has 0 radical (unpaired) electrons. The number of carbonyl (C=O) groups is 2. The summed E-state index contributed by atoms with van der Waals surface area (Å²) in [5, 5.41) is 5.62. The van der Waals surface area contributed by atoms with Crippen LogP contribution in [0.5, 0.6) is 5.75 Å². The van der Waals surface area contributed by atoms with E-state index in [9.17, 15) is 9.59 Å². The van der Waals surface area contributed by atoms with Crippen LogP contribution in [0.2, 0.25) is 4.34 Å². The zero-order valence-corrected chi connectivity index (χ0v) is 19.4. The zero-order valence-electron chi connectivity index (χ0n) is 17.0. The lowest BCUT2D eigenvalue weighted by molar-refractivity contribution is -0.131. The second-order valence-corrected chi connectivity index (χ2v) is 9.83. The highest BCUT2D eigenvalue weighted by Crippen LogP contribution is 2.33. The van der Waals surface area contributed by atoms with E-state index in [2.05, 4.69) is 10.3 Å². The first-order valence-electron chi connectivity index (χ1n) is 9.95. The number of likely N-dealkylation sites (tertiary alicyclic amines) is 1. The molecule has 6 nitrogen and oxygen atoms in total. The summed E-state index contributed by atoms with van der Waals surface area (Å²) >= 11 is 8.86. The number of benzene rings is 1. The van der Waals surface area contributed by atoms with E-state index in [1.54, 1.807) is 12.5 Å². The van der Waals surface area contributed by atoms with Crippen LogP contribution in [0.1, 0.15) is 28.9 Å². The van der Waals surface area contributed by atoms with E-state index in [1.807, 2.05) is 41.3 Å². The Morgan fingerprint density at radius 1 is 1.23 bits per heavy atom. The van der Waals surface area contributed by atoms with Gasteiger partial charge in [0.2, 0.25) is 5.91 Å². The minimum absolute atomic E-state index is 0.0316. The number of para-hydroxylation sites is 1. The van der Waals surface area contributed by atoms with Crippen LogP contribution in [0.25, 0.3) is 9.88 Å². The molecule has 0 spiro atoms. The van der Waals surface area contributed by atoms with E-state index in [0.29, 0.717) is 29.5 Å². The molecule has 1 fully saturated rings. The third-order valence-corrected chi connectivity index (χ3v) is 7.48. The van der Waals surface area contributed by atoms with Crippen molar-refractivity contribution in [3.63, 3.8) is 0 Å². The van der Waals surface area contributed by atoms with Crippen molar-refractivity contribution in [1.82, 2.24) is 15.2 Å². The van der Waals surface area contributed by atoms with Crippen LogP contribution in [-0.4, -0.2) is 47.9 Å². The summed E-state index contributed by atoms with van der Waals surface area (Å²) in [5.41, 5.74) is 1.30. The Balaban J connectivity index is 1.28. The van der Waals surface area contributed by atoms with Crippen LogP contribution >= 0.6 is 34.3 Å². The Kier molecular flexibility index (Phi) is 6.89. The molecule has 1 N–H and O–H groups in total. The molecule has 1 aliphatic rings. The van der Waals surface area contributed by atoms with Crippen molar-refractivity contribution in [2.75, 3.05) is 20.2 Å². The molecule has 0 atom stereocenters. The van der Waals surface area contributed by atoms with Gasteiger partial charge < -0.3 is 15.0 Å². The number of aromatic nitrogens is 1. The normalized spacial score (nSPS) is 14.5. The lowest BCUT2D eigenvalue weighted by atomic mass is 10.0. The van der Waals surface area contributed by atoms with Gasteiger partial charge in [-0.05, 0) is 31.0 Å². The van der Waals surface area contributed by atoms with Gasteiger partial charge in [0.1, 0.15) is 16.5 Å². The van der Waals surface area contributed by atoms with Crippen molar-refractivity contribution in [2.24, 2.45) is 0 Å². The predicted molar refractivity (Wildman–Crippen MR) is 124 cm³/mol. The van der Waals surface area contributed by atoms with Crippen LogP contribution < -0.4 is 10.1 Å². The first-order valence-corrected chi connectivity index (χ1v) is 12.0. The van der Waals surface area contributed by atoms with Gasteiger partial charge in [-0.3, -0.25) is 9.59 Å². The molecular weight excluding hydrogens is 454 g/mol. The fourth-order valence-electron chi connectivity index (χ4n) is 3.58. The largest absolute Gasteiger partial charge is 0.496 e. The van der Waals surface area contributed by atoms with E-state index in [0.717, 1.165) is 34.0 Å². The molecule has 0 unspecified atom stereocenters. The Labute approximate surface area is 193 Å². The fraction of sp³-hybridized carbons (Fsp3) is 0.318. The number of amides is 2. The van der Waals surface area contributed by atoms with Crippen molar-refractivity contribution < 1.29 is 14.3 Å². The average Bonchev–Trinajstić information content (AvgIpc) is 3.44. The summed E-state index contributed by atoms with van der Waals surface area (Å²) < 4.78 is 6.04. The van der Waals surface area contributed by atoms with Gasteiger partial charge in [-0.2, -0.15) is 0 Å².